The summed E-state index contributed by atoms with van der Waals surface area (Å²) in [4.78, 5) is 26.5. The number of nitrogens with zero attached hydrogens (tertiary/aromatic N) is 1. The topological polar surface area (TPSA) is 67.9 Å². The number of carbonyl (C=O) groups excluding carboxylic acids is 2. The summed E-state index contributed by atoms with van der Waals surface area (Å²) in [7, 11) is 1.19. The van der Waals surface area contributed by atoms with Gasteiger partial charge in [-0.1, -0.05) is 12.1 Å². The highest BCUT2D eigenvalue weighted by Crippen LogP contribution is 2.35. The van der Waals surface area contributed by atoms with Crippen LogP contribution in [-0.4, -0.2) is 43.3 Å². The van der Waals surface area contributed by atoms with Crippen molar-refractivity contribution in [3.8, 4) is 0 Å². The zero-order valence-electron chi connectivity index (χ0n) is 15.5. The Morgan fingerprint density at radius 1 is 1.39 bits per heavy atom. The Bertz CT molecular complexity index is 801. The maximum Gasteiger partial charge on any atom is 0.416 e. The zero-order chi connectivity index (χ0) is 20.5. The van der Waals surface area contributed by atoms with Gasteiger partial charge in [0.2, 0.25) is 0 Å². The van der Waals surface area contributed by atoms with Crippen LogP contribution in [0, 0.1) is 0 Å². The maximum atomic E-state index is 13.1. The van der Waals surface area contributed by atoms with E-state index in [0.717, 1.165) is 25.0 Å². The van der Waals surface area contributed by atoms with E-state index in [1.807, 2.05) is 0 Å². The Balaban J connectivity index is 2.00. The normalized spacial score (nSPS) is 23.0. The number of esters is 1. The van der Waals surface area contributed by atoms with Gasteiger partial charge < -0.3 is 14.8 Å². The molecular weight excluding hydrogens is 377 g/mol. The number of halogens is 3. The number of hydrogen-bond acceptors (Lipinski definition) is 4. The van der Waals surface area contributed by atoms with Crippen LogP contribution in [0.1, 0.15) is 36.9 Å². The summed E-state index contributed by atoms with van der Waals surface area (Å²) in [5.41, 5.74) is -0.268. The minimum atomic E-state index is -4.54. The fourth-order valence-electron chi connectivity index (χ4n) is 3.51. The molecule has 0 aromatic heterocycles. The van der Waals surface area contributed by atoms with Crippen LogP contribution in [0.4, 0.5) is 18.0 Å². The molecule has 0 bridgehead atoms. The van der Waals surface area contributed by atoms with Gasteiger partial charge in [0.15, 0.2) is 0 Å². The monoisotopic (exact) mass is 398 g/mol. The number of hydrogen-bond donors (Lipinski definition) is 1. The standard InChI is InChI=1S/C19H21F3N2O4/c1-11-15(17(25)27-2)16(12-5-3-6-13(9-12)19(20,21)22)23-18(26)24(11)10-14-7-4-8-28-14/h3,5-6,9,14,16H,4,7-8,10H2,1-2H3,(H,23,26)/t14-,16-/m1/s1. The average Bonchev–Trinajstić information content (AvgIpc) is 3.17. The minimum absolute atomic E-state index is 0.0967. The van der Waals surface area contributed by atoms with Gasteiger partial charge in [0.1, 0.15) is 0 Å². The van der Waals surface area contributed by atoms with Gasteiger partial charge in [-0.05, 0) is 37.5 Å². The zero-order valence-corrected chi connectivity index (χ0v) is 15.5. The Morgan fingerprint density at radius 2 is 2.14 bits per heavy atom. The summed E-state index contributed by atoms with van der Waals surface area (Å²) in [6.07, 6.45) is -3.00. The molecule has 1 fully saturated rings. The van der Waals surface area contributed by atoms with Crippen molar-refractivity contribution >= 4 is 12.0 Å². The highest BCUT2D eigenvalue weighted by Gasteiger charge is 2.38. The molecule has 1 aromatic rings. The molecule has 2 heterocycles. The summed E-state index contributed by atoms with van der Waals surface area (Å²) in [5.74, 6) is -0.711. The molecule has 1 saturated heterocycles. The van der Waals surface area contributed by atoms with Crippen molar-refractivity contribution in [3.05, 3.63) is 46.7 Å². The lowest BCUT2D eigenvalue weighted by molar-refractivity contribution is -0.137. The molecule has 2 aliphatic rings. The van der Waals surface area contributed by atoms with Crippen molar-refractivity contribution in [2.24, 2.45) is 0 Å². The second-order valence-electron chi connectivity index (χ2n) is 6.74. The molecule has 152 valence electrons. The minimum Gasteiger partial charge on any atom is -0.466 e. The molecule has 6 nitrogen and oxygen atoms in total. The van der Waals surface area contributed by atoms with E-state index in [-0.39, 0.29) is 23.8 Å². The smallest absolute Gasteiger partial charge is 0.416 e. The summed E-state index contributed by atoms with van der Waals surface area (Å²) >= 11 is 0. The van der Waals surface area contributed by atoms with Gasteiger partial charge in [-0.2, -0.15) is 13.2 Å². The van der Waals surface area contributed by atoms with E-state index in [0.29, 0.717) is 12.3 Å². The van der Waals surface area contributed by atoms with E-state index in [4.69, 9.17) is 9.47 Å². The Hall–Kier alpha value is -2.55. The third-order valence-corrected chi connectivity index (χ3v) is 4.96. The van der Waals surface area contributed by atoms with Crippen LogP contribution in [0.2, 0.25) is 0 Å². The predicted octanol–water partition coefficient (Wildman–Crippen LogP) is 3.40. The molecule has 1 N–H and O–H groups in total. The van der Waals surface area contributed by atoms with Crippen molar-refractivity contribution in [1.29, 1.82) is 0 Å². The number of ether oxygens (including phenoxy) is 2. The van der Waals surface area contributed by atoms with Gasteiger partial charge in [0, 0.05) is 12.3 Å². The van der Waals surface area contributed by atoms with Gasteiger partial charge in [-0.15, -0.1) is 0 Å². The van der Waals surface area contributed by atoms with Crippen molar-refractivity contribution < 1.29 is 32.2 Å². The number of rotatable bonds is 4. The second-order valence-corrected chi connectivity index (χ2v) is 6.74. The first-order valence-electron chi connectivity index (χ1n) is 8.88. The number of methoxy groups -OCH3 is 1. The van der Waals surface area contributed by atoms with E-state index in [1.165, 1.54) is 24.1 Å². The lowest BCUT2D eigenvalue weighted by atomic mass is 9.93. The predicted molar refractivity (Wildman–Crippen MR) is 93.1 cm³/mol. The SMILES string of the molecule is COC(=O)C1=C(C)N(C[C@H]2CCCO2)C(=O)N[C@@H]1c1cccc(C(F)(F)F)c1. The molecular formula is C19H21F3N2O4. The first kappa shape index (κ1) is 20.2. The molecule has 3 rings (SSSR count). The van der Waals surface area contributed by atoms with Crippen LogP contribution >= 0.6 is 0 Å². The van der Waals surface area contributed by atoms with Crippen LogP contribution in [0.5, 0.6) is 0 Å². The molecule has 2 amide bonds. The Morgan fingerprint density at radius 3 is 2.75 bits per heavy atom. The number of benzene rings is 1. The molecule has 0 unspecified atom stereocenters. The van der Waals surface area contributed by atoms with Crippen LogP contribution in [0.15, 0.2) is 35.5 Å². The summed E-state index contributed by atoms with van der Waals surface area (Å²) in [6.45, 7) is 2.45. The largest absolute Gasteiger partial charge is 0.466 e. The average molecular weight is 398 g/mol. The van der Waals surface area contributed by atoms with Crippen LogP contribution in [-0.2, 0) is 20.4 Å². The van der Waals surface area contributed by atoms with Gasteiger partial charge in [0.05, 0.1) is 36.9 Å². The van der Waals surface area contributed by atoms with Crippen LogP contribution < -0.4 is 5.32 Å². The van der Waals surface area contributed by atoms with E-state index in [9.17, 15) is 22.8 Å². The number of alkyl halides is 3. The second kappa shape index (κ2) is 7.83. The molecule has 28 heavy (non-hydrogen) atoms. The third-order valence-electron chi connectivity index (χ3n) is 4.96. The summed E-state index contributed by atoms with van der Waals surface area (Å²) in [6, 6.07) is 3.01. The molecule has 2 atom stereocenters. The van der Waals surface area contributed by atoms with E-state index in [2.05, 4.69) is 5.32 Å². The first-order valence-corrected chi connectivity index (χ1v) is 8.88. The Labute approximate surface area is 160 Å². The van der Waals surface area contributed by atoms with Gasteiger partial charge in [-0.3, -0.25) is 4.90 Å². The molecule has 9 heteroatoms. The van der Waals surface area contributed by atoms with Crippen LogP contribution in [0.3, 0.4) is 0 Å². The number of allylic oxidation sites excluding steroid dienone is 1. The number of nitrogens with one attached hydrogen (secondary N) is 1. The quantitative estimate of drug-likeness (QED) is 0.790. The molecule has 0 saturated carbocycles. The molecule has 0 radical (unpaired) electrons. The number of urea groups is 1. The fraction of sp³-hybridized carbons (Fsp3) is 0.474. The fourth-order valence-corrected chi connectivity index (χ4v) is 3.51. The van der Waals surface area contributed by atoms with E-state index in [1.54, 1.807) is 6.92 Å². The molecule has 0 aliphatic carbocycles. The van der Waals surface area contributed by atoms with Gasteiger partial charge in [-0.25, -0.2) is 9.59 Å². The Kier molecular flexibility index (Phi) is 5.64. The summed E-state index contributed by atoms with van der Waals surface area (Å²) < 4.78 is 49.6. The molecule has 2 aliphatic heterocycles. The number of carbonyl (C=O) groups is 2. The van der Waals surface area contributed by atoms with E-state index >= 15 is 0 Å². The van der Waals surface area contributed by atoms with Gasteiger partial charge >= 0.3 is 18.2 Å². The highest BCUT2D eigenvalue weighted by atomic mass is 19.4. The van der Waals surface area contributed by atoms with Gasteiger partial charge in [0.25, 0.3) is 0 Å². The lowest BCUT2D eigenvalue weighted by Crippen LogP contribution is -2.50. The third kappa shape index (κ3) is 3.99. The van der Waals surface area contributed by atoms with Crippen molar-refractivity contribution in [2.45, 2.75) is 38.1 Å². The van der Waals surface area contributed by atoms with E-state index < -0.39 is 29.8 Å². The van der Waals surface area contributed by atoms with Crippen molar-refractivity contribution in [2.75, 3.05) is 20.3 Å². The number of amides is 2. The van der Waals surface area contributed by atoms with Crippen molar-refractivity contribution in [1.82, 2.24) is 10.2 Å². The van der Waals surface area contributed by atoms with Crippen molar-refractivity contribution in [3.63, 3.8) is 0 Å². The lowest BCUT2D eigenvalue weighted by Gasteiger charge is -2.36. The van der Waals surface area contributed by atoms with Crippen LogP contribution in [0.25, 0.3) is 0 Å². The molecule has 1 aromatic carbocycles. The highest BCUT2D eigenvalue weighted by molar-refractivity contribution is 5.95. The first-order chi connectivity index (χ1) is 13.2. The summed E-state index contributed by atoms with van der Waals surface area (Å²) in [5, 5.41) is 2.64. The molecule has 0 spiro atoms. The maximum absolute atomic E-state index is 13.1.